The van der Waals surface area contributed by atoms with Gasteiger partial charge in [0.1, 0.15) is 12.1 Å². The number of nitrogens with one attached hydrogen (secondary N) is 1. The van der Waals surface area contributed by atoms with Crippen LogP contribution in [0.2, 0.25) is 0 Å². The molecule has 3 heterocycles. The Morgan fingerprint density at radius 2 is 2.18 bits per heavy atom. The summed E-state index contributed by atoms with van der Waals surface area (Å²) in [6.07, 6.45) is 3.66. The maximum Gasteiger partial charge on any atom is 0.353 e. The van der Waals surface area contributed by atoms with Crippen LogP contribution in [0.1, 0.15) is 25.5 Å². The molecule has 0 aliphatic carbocycles. The number of furan rings is 1. The van der Waals surface area contributed by atoms with E-state index in [9.17, 15) is 14.9 Å². The van der Waals surface area contributed by atoms with Crippen LogP contribution in [0.5, 0.6) is 0 Å². The lowest BCUT2D eigenvalue weighted by Gasteiger charge is -2.26. The molecule has 1 N–H and O–H groups in total. The van der Waals surface area contributed by atoms with Crippen LogP contribution in [-0.4, -0.2) is 78.3 Å². The number of morpholine rings is 1. The highest BCUT2D eigenvalue weighted by atomic mass is 16.6. The van der Waals surface area contributed by atoms with E-state index < -0.39 is 4.92 Å². The van der Waals surface area contributed by atoms with Crippen LogP contribution in [0.3, 0.4) is 0 Å². The third-order valence-electron chi connectivity index (χ3n) is 5.15. The van der Waals surface area contributed by atoms with E-state index in [1.165, 1.54) is 12.6 Å². The zero-order valence-electron chi connectivity index (χ0n) is 18.8. The second kappa shape index (κ2) is 12.7. The van der Waals surface area contributed by atoms with Crippen LogP contribution in [-0.2, 0) is 20.8 Å². The summed E-state index contributed by atoms with van der Waals surface area (Å²) in [5.74, 6) is 0.464. The highest BCUT2D eigenvalue weighted by Crippen LogP contribution is 2.32. The van der Waals surface area contributed by atoms with Crippen LogP contribution >= 0.6 is 0 Å². The molecule has 0 spiro atoms. The van der Waals surface area contributed by atoms with Crippen molar-refractivity contribution >= 4 is 23.3 Å². The van der Waals surface area contributed by atoms with Crippen LogP contribution in [0.25, 0.3) is 0 Å². The van der Waals surface area contributed by atoms with Gasteiger partial charge in [0.25, 0.3) is 0 Å². The summed E-state index contributed by atoms with van der Waals surface area (Å²) in [6.45, 7) is 7.00. The number of hydrogen-bond donors (Lipinski definition) is 1. The molecule has 0 amide bonds. The number of hydrogen-bond acceptors (Lipinski definition) is 11. The summed E-state index contributed by atoms with van der Waals surface area (Å²) in [5, 5.41) is 15.1. The molecule has 0 saturated carbocycles. The van der Waals surface area contributed by atoms with Gasteiger partial charge in [-0.2, -0.15) is 0 Å². The van der Waals surface area contributed by atoms with Gasteiger partial charge in [-0.15, -0.1) is 0 Å². The fourth-order valence-electron chi connectivity index (χ4n) is 3.54. The van der Waals surface area contributed by atoms with Gasteiger partial charge < -0.3 is 24.1 Å². The van der Waals surface area contributed by atoms with Crippen molar-refractivity contribution in [1.29, 1.82) is 0 Å². The molecule has 0 radical (unpaired) electrons. The zero-order valence-corrected chi connectivity index (χ0v) is 18.8. The fraction of sp³-hybridized carbons (Fsp3) is 0.571. The quantitative estimate of drug-likeness (QED) is 0.203. The van der Waals surface area contributed by atoms with Crippen molar-refractivity contribution in [2.45, 2.75) is 26.3 Å². The van der Waals surface area contributed by atoms with Gasteiger partial charge in [0.15, 0.2) is 0 Å². The minimum absolute atomic E-state index is 0.0536. The summed E-state index contributed by atoms with van der Waals surface area (Å²) in [7, 11) is 0. The number of esters is 1. The molecule has 0 aromatic carbocycles. The van der Waals surface area contributed by atoms with Crippen molar-refractivity contribution in [3.05, 3.63) is 40.6 Å². The van der Waals surface area contributed by atoms with Gasteiger partial charge in [-0.25, -0.2) is 9.97 Å². The third-order valence-corrected chi connectivity index (χ3v) is 5.15. The largest absolute Gasteiger partial charge is 0.467 e. The summed E-state index contributed by atoms with van der Waals surface area (Å²) < 4.78 is 15.8. The second-order valence-electron chi connectivity index (χ2n) is 7.44. The molecule has 1 aliphatic heterocycles. The van der Waals surface area contributed by atoms with Crippen LogP contribution in [0.4, 0.5) is 17.3 Å². The van der Waals surface area contributed by atoms with Gasteiger partial charge >= 0.3 is 11.7 Å². The lowest BCUT2D eigenvalue weighted by atomic mass is 10.3. The standard InChI is InChI=1S/C21H30N6O6/c1-2-32-18(28)6-9-26(15-17-5-3-12-33-17)21-19(27(29)30)20(23-16-24-21)22-7-4-8-25-10-13-31-14-11-25/h3,5,12,16H,2,4,6-11,13-15H2,1H3,(H,22,23,24). The van der Waals surface area contributed by atoms with Gasteiger partial charge in [-0.1, -0.05) is 0 Å². The van der Waals surface area contributed by atoms with Gasteiger partial charge in [-0.05, 0) is 32.0 Å². The highest BCUT2D eigenvalue weighted by molar-refractivity contribution is 5.73. The average molecular weight is 463 g/mol. The monoisotopic (exact) mass is 462 g/mol. The third kappa shape index (κ3) is 7.39. The van der Waals surface area contributed by atoms with Crippen LogP contribution in [0.15, 0.2) is 29.1 Å². The Balaban J connectivity index is 1.72. The average Bonchev–Trinajstić information content (AvgIpc) is 3.33. The first-order valence-electron chi connectivity index (χ1n) is 11.0. The Labute approximate surface area is 192 Å². The number of aromatic nitrogens is 2. The first-order valence-corrected chi connectivity index (χ1v) is 11.0. The van der Waals surface area contributed by atoms with Crippen LogP contribution < -0.4 is 10.2 Å². The molecule has 33 heavy (non-hydrogen) atoms. The Bertz CT molecular complexity index is 887. The van der Waals surface area contributed by atoms with Crippen molar-refractivity contribution in [3.8, 4) is 0 Å². The summed E-state index contributed by atoms with van der Waals surface area (Å²) in [6, 6.07) is 3.49. The molecule has 1 saturated heterocycles. The number of rotatable bonds is 13. The number of nitrogens with zero attached hydrogens (tertiary/aromatic N) is 5. The Kier molecular flexibility index (Phi) is 9.39. The first-order chi connectivity index (χ1) is 16.1. The highest BCUT2D eigenvalue weighted by Gasteiger charge is 2.28. The summed E-state index contributed by atoms with van der Waals surface area (Å²) in [5.41, 5.74) is -0.237. The van der Waals surface area contributed by atoms with Crippen molar-refractivity contribution in [2.75, 3.05) is 62.8 Å². The molecule has 0 bridgehead atoms. The number of carbonyl (C=O) groups is 1. The molecule has 12 heteroatoms. The molecule has 180 valence electrons. The Hall–Kier alpha value is -3.25. The predicted molar refractivity (Wildman–Crippen MR) is 120 cm³/mol. The van der Waals surface area contributed by atoms with Crippen molar-refractivity contribution < 1.29 is 23.6 Å². The molecular formula is C21H30N6O6. The minimum atomic E-state index is -0.501. The van der Waals surface area contributed by atoms with E-state index >= 15 is 0 Å². The SMILES string of the molecule is CCOC(=O)CCN(Cc1ccco1)c1ncnc(NCCCN2CCOCC2)c1[N+](=O)[O-]. The van der Waals surface area contributed by atoms with E-state index in [0.717, 1.165) is 39.3 Å². The molecule has 2 aromatic rings. The Morgan fingerprint density at radius 3 is 2.88 bits per heavy atom. The normalized spacial score (nSPS) is 14.1. The maximum absolute atomic E-state index is 12.0. The minimum Gasteiger partial charge on any atom is -0.467 e. The van der Waals surface area contributed by atoms with Crippen molar-refractivity contribution in [3.63, 3.8) is 0 Å². The van der Waals surface area contributed by atoms with E-state index in [2.05, 4.69) is 20.2 Å². The van der Waals surface area contributed by atoms with Crippen LogP contribution in [0, 0.1) is 10.1 Å². The fourth-order valence-corrected chi connectivity index (χ4v) is 3.54. The lowest BCUT2D eigenvalue weighted by Crippen LogP contribution is -2.37. The second-order valence-corrected chi connectivity index (χ2v) is 7.44. The smallest absolute Gasteiger partial charge is 0.353 e. The van der Waals surface area contributed by atoms with E-state index in [1.807, 2.05) is 0 Å². The van der Waals surface area contributed by atoms with E-state index in [-0.39, 0.29) is 49.4 Å². The molecule has 0 unspecified atom stereocenters. The van der Waals surface area contributed by atoms with Gasteiger partial charge in [0.2, 0.25) is 11.6 Å². The maximum atomic E-state index is 12.0. The van der Waals surface area contributed by atoms with Crippen molar-refractivity contribution in [1.82, 2.24) is 14.9 Å². The molecular weight excluding hydrogens is 432 g/mol. The predicted octanol–water partition coefficient (Wildman–Crippen LogP) is 2.07. The van der Waals surface area contributed by atoms with Gasteiger partial charge in [0.05, 0.1) is 44.0 Å². The molecule has 0 atom stereocenters. The molecule has 12 nitrogen and oxygen atoms in total. The topological polar surface area (TPSA) is 136 Å². The molecule has 2 aromatic heterocycles. The molecule has 3 rings (SSSR count). The van der Waals surface area contributed by atoms with E-state index in [4.69, 9.17) is 13.9 Å². The number of anilines is 2. The van der Waals surface area contributed by atoms with Crippen molar-refractivity contribution in [2.24, 2.45) is 0 Å². The molecule has 1 fully saturated rings. The summed E-state index contributed by atoms with van der Waals surface area (Å²) in [4.78, 5) is 35.6. The van der Waals surface area contributed by atoms with E-state index in [0.29, 0.717) is 12.3 Å². The molecule has 1 aliphatic rings. The number of nitro groups is 1. The lowest BCUT2D eigenvalue weighted by molar-refractivity contribution is -0.383. The number of carbonyl (C=O) groups excluding carboxylic acids is 1. The Morgan fingerprint density at radius 1 is 1.36 bits per heavy atom. The summed E-state index contributed by atoms with van der Waals surface area (Å²) >= 11 is 0. The van der Waals surface area contributed by atoms with Gasteiger partial charge in [-0.3, -0.25) is 19.8 Å². The zero-order chi connectivity index (χ0) is 23.5. The van der Waals surface area contributed by atoms with E-state index in [1.54, 1.807) is 24.0 Å². The van der Waals surface area contributed by atoms with Gasteiger partial charge in [0, 0.05) is 26.2 Å². The number of ether oxygens (including phenoxy) is 2. The first kappa shape index (κ1) is 24.4.